The predicted molar refractivity (Wildman–Crippen MR) is 100 cm³/mol. The maximum Gasteiger partial charge on any atom is 0.224 e. The lowest BCUT2D eigenvalue weighted by Crippen LogP contribution is -2.43. The highest BCUT2D eigenvalue weighted by molar-refractivity contribution is 5.92. The van der Waals surface area contributed by atoms with E-state index >= 15 is 0 Å². The molecule has 1 saturated heterocycles. The first-order valence-electron chi connectivity index (χ1n) is 8.83. The molecular formula is C18H18N8O. The third kappa shape index (κ3) is 2.77. The largest absolute Gasteiger partial charge is 0.350 e. The fraction of sp³-hybridized carbons (Fsp3) is 0.278. The van der Waals surface area contributed by atoms with Gasteiger partial charge in [0.25, 0.3) is 0 Å². The molecule has 4 aromatic rings. The maximum absolute atomic E-state index is 11.6. The minimum atomic E-state index is 0.158. The first kappa shape index (κ1) is 15.7. The van der Waals surface area contributed by atoms with Gasteiger partial charge in [-0.25, -0.2) is 14.5 Å². The number of likely N-dealkylation sites (tertiary alicyclic amines) is 1. The van der Waals surface area contributed by atoms with Gasteiger partial charge in [-0.2, -0.15) is 10.1 Å². The molecule has 0 unspecified atom stereocenters. The molecule has 9 nitrogen and oxygen atoms in total. The second-order valence-electron chi connectivity index (χ2n) is 6.76. The van der Waals surface area contributed by atoms with Crippen molar-refractivity contribution in [2.45, 2.75) is 18.9 Å². The standard InChI is InChI=1S/C18H18N8O/c1-25-10-11(2-3-16(25)27)22-18-20-9-13-12(8-19-17(13)24-18)14-5-7-26-15(23-14)4-6-21-26/h4-9,11H,2-3,10H2,1H3,(H2,19,20,22,24)/t11-/m1/s1. The smallest absolute Gasteiger partial charge is 0.224 e. The number of likely N-dealkylation sites (N-methyl/N-ethyl adjacent to an activating group) is 1. The summed E-state index contributed by atoms with van der Waals surface area (Å²) in [6, 6.07) is 3.94. The summed E-state index contributed by atoms with van der Waals surface area (Å²) < 4.78 is 1.73. The third-order valence-electron chi connectivity index (χ3n) is 4.93. The Morgan fingerprint density at radius 3 is 3.11 bits per heavy atom. The molecule has 1 amide bonds. The van der Waals surface area contributed by atoms with Gasteiger partial charge in [0.1, 0.15) is 5.65 Å². The molecule has 0 radical (unpaired) electrons. The van der Waals surface area contributed by atoms with Gasteiger partial charge in [-0.3, -0.25) is 4.79 Å². The monoisotopic (exact) mass is 362 g/mol. The van der Waals surface area contributed by atoms with Gasteiger partial charge in [-0.1, -0.05) is 0 Å². The molecule has 9 heteroatoms. The topological polar surface area (TPSA) is 104 Å². The number of hydrogen-bond donors (Lipinski definition) is 2. The molecule has 0 saturated carbocycles. The Morgan fingerprint density at radius 2 is 2.22 bits per heavy atom. The van der Waals surface area contributed by atoms with Crippen molar-refractivity contribution in [1.82, 2.24) is 34.4 Å². The number of piperidine rings is 1. The van der Waals surface area contributed by atoms with Gasteiger partial charge in [0.05, 0.1) is 11.9 Å². The molecule has 0 aromatic carbocycles. The van der Waals surface area contributed by atoms with Gasteiger partial charge in [0.15, 0.2) is 5.65 Å². The van der Waals surface area contributed by atoms with E-state index < -0.39 is 0 Å². The first-order valence-corrected chi connectivity index (χ1v) is 8.83. The number of amides is 1. The summed E-state index contributed by atoms with van der Waals surface area (Å²) in [5.74, 6) is 0.740. The summed E-state index contributed by atoms with van der Waals surface area (Å²) in [7, 11) is 1.82. The average molecular weight is 362 g/mol. The van der Waals surface area contributed by atoms with Crippen LogP contribution in [0.1, 0.15) is 12.8 Å². The highest BCUT2D eigenvalue weighted by Gasteiger charge is 2.23. The van der Waals surface area contributed by atoms with Crippen molar-refractivity contribution in [3.8, 4) is 11.3 Å². The van der Waals surface area contributed by atoms with Crippen LogP contribution in [0.4, 0.5) is 5.95 Å². The van der Waals surface area contributed by atoms with Crippen LogP contribution in [0.25, 0.3) is 27.9 Å². The first-order chi connectivity index (χ1) is 13.2. The van der Waals surface area contributed by atoms with Crippen molar-refractivity contribution in [3.63, 3.8) is 0 Å². The summed E-state index contributed by atoms with van der Waals surface area (Å²) >= 11 is 0. The van der Waals surface area contributed by atoms with E-state index in [4.69, 9.17) is 0 Å². The minimum Gasteiger partial charge on any atom is -0.350 e. The van der Waals surface area contributed by atoms with E-state index in [1.165, 1.54) is 0 Å². The molecule has 4 aromatic heterocycles. The molecule has 1 atom stereocenters. The van der Waals surface area contributed by atoms with Crippen LogP contribution in [0, 0.1) is 0 Å². The van der Waals surface area contributed by atoms with Crippen LogP contribution < -0.4 is 5.32 Å². The molecule has 0 aliphatic carbocycles. The van der Waals surface area contributed by atoms with E-state index in [9.17, 15) is 4.79 Å². The van der Waals surface area contributed by atoms with Crippen LogP contribution in [0.5, 0.6) is 0 Å². The molecule has 5 rings (SSSR count). The fourth-order valence-corrected chi connectivity index (χ4v) is 3.46. The lowest BCUT2D eigenvalue weighted by Gasteiger charge is -2.30. The number of carbonyl (C=O) groups excluding carboxylic acids is 1. The van der Waals surface area contributed by atoms with Crippen LogP contribution in [-0.2, 0) is 4.79 Å². The van der Waals surface area contributed by atoms with Crippen LogP contribution in [0.3, 0.4) is 0 Å². The zero-order valence-corrected chi connectivity index (χ0v) is 14.8. The zero-order valence-electron chi connectivity index (χ0n) is 14.8. The number of nitrogens with zero attached hydrogens (tertiary/aromatic N) is 6. The van der Waals surface area contributed by atoms with Crippen LogP contribution in [-0.4, -0.2) is 60.0 Å². The number of fused-ring (bicyclic) bond motifs is 2. The van der Waals surface area contributed by atoms with Gasteiger partial charge in [0, 0.05) is 61.7 Å². The van der Waals surface area contributed by atoms with Crippen LogP contribution >= 0.6 is 0 Å². The second-order valence-corrected chi connectivity index (χ2v) is 6.76. The van der Waals surface area contributed by atoms with E-state index in [1.807, 2.05) is 31.6 Å². The summed E-state index contributed by atoms with van der Waals surface area (Å²) in [6.07, 6.45) is 8.64. The van der Waals surface area contributed by atoms with Gasteiger partial charge in [-0.05, 0) is 12.5 Å². The number of carbonyl (C=O) groups is 1. The van der Waals surface area contributed by atoms with E-state index in [2.05, 4.69) is 30.4 Å². The van der Waals surface area contributed by atoms with Gasteiger partial charge >= 0.3 is 0 Å². The second kappa shape index (κ2) is 6.04. The quantitative estimate of drug-likeness (QED) is 0.575. The van der Waals surface area contributed by atoms with Gasteiger partial charge < -0.3 is 15.2 Å². The Bertz CT molecular complexity index is 1150. The molecule has 0 bridgehead atoms. The van der Waals surface area contributed by atoms with E-state index in [0.717, 1.165) is 34.4 Å². The van der Waals surface area contributed by atoms with E-state index in [1.54, 1.807) is 21.8 Å². The number of anilines is 1. The number of H-pyrrole nitrogens is 1. The average Bonchev–Trinajstić information content (AvgIpc) is 3.30. The molecule has 1 aliphatic heterocycles. The summed E-state index contributed by atoms with van der Waals surface area (Å²) in [4.78, 5) is 30.2. The third-order valence-corrected chi connectivity index (χ3v) is 4.93. The molecule has 136 valence electrons. The highest BCUT2D eigenvalue weighted by atomic mass is 16.2. The van der Waals surface area contributed by atoms with Crippen molar-refractivity contribution < 1.29 is 4.79 Å². The number of rotatable bonds is 3. The van der Waals surface area contributed by atoms with E-state index in [0.29, 0.717) is 18.9 Å². The number of aromatic nitrogens is 6. The Morgan fingerprint density at radius 1 is 1.30 bits per heavy atom. The molecule has 1 fully saturated rings. The summed E-state index contributed by atoms with van der Waals surface area (Å²) in [6.45, 7) is 0.658. The number of aromatic amines is 1. The van der Waals surface area contributed by atoms with Crippen molar-refractivity contribution in [1.29, 1.82) is 0 Å². The molecule has 1 aliphatic rings. The Labute approximate surface area is 154 Å². The van der Waals surface area contributed by atoms with Crippen molar-refractivity contribution in [2.24, 2.45) is 0 Å². The lowest BCUT2D eigenvalue weighted by atomic mass is 10.1. The molecule has 5 heterocycles. The zero-order chi connectivity index (χ0) is 18.4. The predicted octanol–water partition coefficient (Wildman–Crippen LogP) is 1.70. The van der Waals surface area contributed by atoms with E-state index in [-0.39, 0.29) is 11.9 Å². The summed E-state index contributed by atoms with van der Waals surface area (Å²) in [5.41, 5.74) is 3.32. The van der Waals surface area contributed by atoms with Crippen molar-refractivity contribution >= 4 is 28.5 Å². The highest BCUT2D eigenvalue weighted by Crippen LogP contribution is 2.27. The number of nitrogens with one attached hydrogen (secondary N) is 2. The molecular weight excluding hydrogens is 344 g/mol. The maximum atomic E-state index is 11.6. The number of hydrogen-bond acceptors (Lipinski definition) is 6. The fourth-order valence-electron chi connectivity index (χ4n) is 3.46. The SMILES string of the molecule is CN1C[C@H](Nc2ncc3c(-c4ccn5nccc5n4)c[nH]c3n2)CCC1=O. The van der Waals surface area contributed by atoms with Crippen LogP contribution in [0.2, 0.25) is 0 Å². The summed E-state index contributed by atoms with van der Waals surface area (Å²) in [5, 5.41) is 8.41. The van der Waals surface area contributed by atoms with Crippen molar-refractivity contribution in [2.75, 3.05) is 18.9 Å². The minimum absolute atomic E-state index is 0.158. The van der Waals surface area contributed by atoms with Gasteiger partial charge in [0.2, 0.25) is 11.9 Å². The molecule has 2 N–H and O–H groups in total. The lowest BCUT2D eigenvalue weighted by molar-refractivity contribution is -0.132. The Balaban J connectivity index is 1.43. The molecule has 0 spiro atoms. The normalized spacial score (nSPS) is 17.7. The van der Waals surface area contributed by atoms with Gasteiger partial charge in [-0.15, -0.1) is 0 Å². The Hall–Kier alpha value is -3.49. The molecule has 27 heavy (non-hydrogen) atoms. The van der Waals surface area contributed by atoms with Crippen molar-refractivity contribution in [3.05, 3.63) is 36.9 Å². The Kier molecular flexibility index (Phi) is 3.52. The van der Waals surface area contributed by atoms with Crippen LogP contribution in [0.15, 0.2) is 36.9 Å².